The van der Waals surface area contributed by atoms with Gasteiger partial charge in [-0.2, -0.15) is 0 Å². The van der Waals surface area contributed by atoms with Crippen LogP contribution >= 0.6 is 0 Å². The van der Waals surface area contributed by atoms with E-state index in [4.69, 9.17) is 9.84 Å². The number of rotatable bonds is 5. The number of ether oxygens (including phenoxy) is 1. The van der Waals surface area contributed by atoms with Crippen molar-refractivity contribution in [3.05, 3.63) is 29.3 Å². The zero-order valence-corrected chi connectivity index (χ0v) is 9.32. The minimum Gasteiger partial charge on any atom is -0.494 e. The third-order valence-electron chi connectivity index (χ3n) is 2.11. The van der Waals surface area contributed by atoms with Gasteiger partial charge < -0.3 is 9.84 Å². The number of carboxylic acids is 1. The second-order valence-corrected chi connectivity index (χ2v) is 3.26. The molecule has 0 aliphatic heterocycles. The van der Waals surface area contributed by atoms with Crippen molar-refractivity contribution in [1.82, 2.24) is 0 Å². The molecular weight excluding hydrogens is 208 g/mol. The number of hydrogen-bond acceptors (Lipinski definition) is 3. The molecule has 0 bridgehead atoms. The molecule has 0 saturated heterocycles. The van der Waals surface area contributed by atoms with Crippen molar-refractivity contribution in [3.8, 4) is 5.75 Å². The summed E-state index contributed by atoms with van der Waals surface area (Å²) in [6, 6.07) is 4.36. The summed E-state index contributed by atoms with van der Waals surface area (Å²) in [6.45, 7) is 3.97. The van der Waals surface area contributed by atoms with Gasteiger partial charge in [-0.15, -0.1) is 0 Å². The number of carbonyl (C=O) groups excluding carboxylic acids is 1. The molecule has 86 valence electrons. The Morgan fingerprint density at radius 3 is 2.31 bits per heavy atom. The molecule has 0 amide bonds. The molecule has 4 nitrogen and oxygen atoms in total. The van der Waals surface area contributed by atoms with Gasteiger partial charge >= 0.3 is 5.97 Å². The molecule has 0 spiro atoms. The molecule has 1 N–H and O–H groups in total. The lowest BCUT2D eigenvalue weighted by molar-refractivity contribution is 0.0696. The maximum Gasteiger partial charge on any atom is 0.335 e. The van der Waals surface area contributed by atoms with Gasteiger partial charge in [-0.1, -0.05) is 6.92 Å². The Balaban J connectivity index is 3.18. The third kappa shape index (κ3) is 2.82. The molecular formula is C12H14O4. The first-order valence-corrected chi connectivity index (χ1v) is 5.12. The summed E-state index contributed by atoms with van der Waals surface area (Å²) in [5, 5.41) is 8.89. The van der Waals surface area contributed by atoms with Crippen LogP contribution in [0.1, 0.15) is 41.0 Å². The Morgan fingerprint density at radius 1 is 1.19 bits per heavy atom. The summed E-state index contributed by atoms with van der Waals surface area (Å²) in [5.74, 6) is -0.741. The predicted molar refractivity (Wildman–Crippen MR) is 59.2 cm³/mol. The maximum atomic E-state index is 11.5. The number of carbonyl (C=O) groups is 2. The molecule has 0 saturated carbocycles. The van der Waals surface area contributed by atoms with Gasteiger partial charge in [-0.3, -0.25) is 4.79 Å². The fourth-order valence-corrected chi connectivity index (χ4v) is 1.34. The van der Waals surface area contributed by atoms with E-state index in [2.05, 4.69) is 0 Å². The van der Waals surface area contributed by atoms with E-state index >= 15 is 0 Å². The van der Waals surface area contributed by atoms with Crippen molar-refractivity contribution in [2.75, 3.05) is 6.61 Å². The average Bonchev–Trinajstić information content (AvgIpc) is 2.28. The summed E-state index contributed by atoms with van der Waals surface area (Å²) in [7, 11) is 0. The minimum absolute atomic E-state index is 0.0720. The van der Waals surface area contributed by atoms with Gasteiger partial charge in [0.2, 0.25) is 0 Å². The van der Waals surface area contributed by atoms with Crippen molar-refractivity contribution in [2.45, 2.75) is 20.3 Å². The average molecular weight is 222 g/mol. The Labute approximate surface area is 93.9 Å². The molecule has 0 unspecified atom stereocenters. The van der Waals surface area contributed by atoms with E-state index in [1.165, 1.54) is 12.1 Å². The van der Waals surface area contributed by atoms with E-state index in [0.717, 1.165) is 0 Å². The SMILES string of the molecule is CCOc1cc(C(=O)O)cc(C(=O)CC)c1. The molecule has 0 atom stereocenters. The number of benzene rings is 1. The standard InChI is InChI=1S/C12H14O4/c1-3-11(13)8-5-9(12(14)15)7-10(6-8)16-4-2/h5-7H,3-4H2,1-2H3,(H,14,15). The van der Waals surface area contributed by atoms with Gasteiger partial charge in [-0.25, -0.2) is 4.79 Å². The lowest BCUT2D eigenvalue weighted by Crippen LogP contribution is -2.04. The number of carboxylic acid groups (broad SMARTS) is 1. The van der Waals surface area contributed by atoms with E-state index in [-0.39, 0.29) is 11.3 Å². The third-order valence-corrected chi connectivity index (χ3v) is 2.11. The highest BCUT2D eigenvalue weighted by molar-refractivity contribution is 5.99. The molecule has 0 aliphatic rings. The van der Waals surface area contributed by atoms with E-state index in [9.17, 15) is 9.59 Å². The zero-order chi connectivity index (χ0) is 12.1. The second kappa shape index (κ2) is 5.30. The highest BCUT2D eigenvalue weighted by Gasteiger charge is 2.11. The number of Topliss-reactive ketones (excluding diaryl/α,β-unsaturated/α-hetero) is 1. The maximum absolute atomic E-state index is 11.5. The molecule has 4 heteroatoms. The van der Waals surface area contributed by atoms with Crippen LogP contribution in [0, 0.1) is 0 Å². The predicted octanol–water partition coefficient (Wildman–Crippen LogP) is 2.38. The molecule has 1 aromatic rings. The van der Waals surface area contributed by atoms with Gasteiger partial charge in [0.25, 0.3) is 0 Å². The first-order chi connectivity index (χ1) is 7.58. The zero-order valence-electron chi connectivity index (χ0n) is 9.32. The van der Waals surface area contributed by atoms with Crippen LogP contribution in [0.3, 0.4) is 0 Å². The quantitative estimate of drug-likeness (QED) is 0.777. The van der Waals surface area contributed by atoms with E-state index in [0.29, 0.717) is 24.3 Å². The van der Waals surface area contributed by atoms with Crippen molar-refractivity contribution in [3.63, 3.8) is 0 Å². The molecule has 0 fully saturated rings. The molecule has 0 aromatic heterocycles. The number of hydrogen-bond donors (Lipinski definition) is 1. The van der Waals surface area contributed by atoms with Crippen LogP contribution in [0.2, 0.25) is 0 Å². The van der Waals surface area contributed by atoms with Gasteiger partial charge in [0.15, 0.2) is 5.78 Å². The van der Waals surface area contributed by atoms with Crippen LogP contribution < -0.4 is 4.74 Å². The Morgan fingerprint density at radius 2 is 1.81 bits per heavy atom. The number of aromatic carboxylic acids is 1. The van der Waals surface area contributed by atoms with Crippen LogP contribution in [0.4, 0.5) is 0 Å². The topological polar surface area (TPSA) is 63.6 Å². The van der Waals surface area contributed by atoms with Crippen LogP contribution in [0.5, 0.6) is 5.75 Å². The van der Waals surface area contributed by atoms with Crippen molar-refractivity contribution in [2.24, 2.45) is 0 Å². The first kappa shape index (κ1) is 12.2. The summed E-state index contributed by atoms with van der Waals surface area (Å²) in [4.78, 5) is 22.3. The van der Waals surface area contributed by atoms with Crippen LogP contribution in [-0.2, 0) is 0 Å². The largest absolute Gasteiger partial charge is 0.494 e. The van der Waals surface area contributed by atoms with Gasteiger partial charge in [0.05, 0.1) is 12.2 Å². The van der Waals surface area contributed by atoms with Crippen molar-refractivity contribution < 1.29 is 19.4 Å². The Kier molecular flexibility index (Phi) is 4.05. The molecule has 0 heterocycles. The molecule has 0 aliphatic carbocycles. The highest BCUT2D eigenvalue weighted by atomic mass is 16.5. The Bertz CT molecular complexity index is 409. The summed E-state index contributed by atoms with van der Waals surface area (Å²) in [5.41, 5.74) is 0.452. The molecule has 0 radical (unpaired) electrons. The van der Waals surface area contributed by atoms with Crippen LogP contribution in [0.25, 0.3) is 0 Å². The fourth-order valence-electron chi connectivity index (χ4n) is 1.34. The van der Waals surface area contributed by atoms with Crippen molar-refractivity contribution >= 4 is 11.8 Å². The van der Waals surface area contributed by atoms with Gasteiger partial charge in [0.1, 0.15) is 5.75 Å². The van der Waals surface area contributed by atoms with Crippen molar-refractivity contribution in [1.29, 1.82) is 0 Å². The van der Waals surface area contributed by atoms with Crippen LogP contribution in [-0.4, -0.2) is 23.5 Å². The molecule has 1 rings (SSSR count). The molecule has 16 heavy (non-hydrogen) atoms. The summed E-state index contributed by atoms with van der Waals surface area (Å²) < 4.78 is 5.22. The monoisotopic (exact) mass is 222 g/mol. The van der Waals surface area contributed by atoms with Gasteiger partial charge in [0, 0.05) is 12.0 Å². The minimum atomic E-state index is -1.06. The van der Waals surface area contributed by atoms with Gasteiger partial charge in [-0.05, 0) is 25.1 Å². The summed E-state index contributed by atoms with van der Waals surface area (Å²) >= 11 is 0. The van der Waals surface area contributed by atoms with Crippen LogP contribution in [0.15, 0.2) is 18.2 Å². The lowest BCUT2D eigenvalue weighted by Gasteiger charge is -2.07. The first-order valence-electron chi connectivity index (χ1n) is 5.12. The Hall–Kier alpha value is -1.84. The molecule has 1 aromatic carbocycles. The number of ketones is 1. The lowest BCUT2D eigenvalue weighted by atomic mass is 10.1. The summed E-state index contributed by atoms with van der Waals surface area (Å²) in [6.07, 6.45) is 0.342. The van der Waals surface area contributed by atoms with E-state index < -0.39 is 5.97 Å². The highest BCUT2D eigenvalue weighted by Crippen LogP contribution is 2.18. The second-order valence-electron chi connectivity index (χ2n) is 3.26. The normalized spacial score (nSPS) is 9.88. The smallest absolute Gasteiger partial charge is 0.335 e. The fraction of sp³-hybridized carbons (Fsp3) is 0.333. The van der Waals surface area contributed by atoms with E-state index in [1.54, 1.807) is 19.9 Å². The van der Waals surface area contributed by atoms with E-state index in [1.807, 2.05) is 0 Å².